The zero-order chi connectivity index (χ0) is 9.26. The van der Waals surface area contributed by atoms with Gasteiger partial charge >= 0.3 is 0 Å². The molecule has 0 amide bonds. The van der Waals surface area contributed by atoms with Crippen molar-refractivity contribution in [1.82, 2.24) is 4.90 Å². The molecule has 2 saturated heterocycles. The average molecular weight is 197 g/mol. The third kappa shape index (κ3) is 1.81. The fourth-order valence-corrected chi connectivity index (χ4v) is 3.54. The van der Waals surface area contributed by atoms with Crippen LogP contribution < -0.4 is 0 Å². The van der Waals surface area contributed by atoms with Gasteiger partial charge in [-0.25, -0.2) is 0 Å². The molecule has 13 heavy (non-hydrogen) atoms. The molecule has 2 atom stereocenters. The molecule has 0 saturated carbocycles. The molecule has 0 aromatic heterocycles. The number of rotatable bonds is 2. The molecule has 2 aliphatic heterocycles. The highest BCUT2D eigenvalue weighted by molar-refractivity contribution is 7.99. The Labute approximate surface area is 83.4 Å². The van der Waals surface area contributed by atoms with Crippen LogP contribution in [-0.4, -0.2) is 40.8 Å². The van der Waals surface area contributed by atoms with E-state index in [4.69, 9.17) is 0 Å². The number of piperidine rings is 1. The van der Waals surface area contributed by atoms with Gasteiger partial charge in [0, 0.05) is 43.0 Å². The quantitative estimate of drug-likeness (QED) is 0.623. The summed E-state index contributed by atoms with van der Waals surface area (Å²) in [4.78, 5) is 13.8. The minimum absolute atomic E-state index is 0.454. The first-order chi connectivity index (χ1) is 6.31. The topological polar surface area (TPSA) is 20.3 Å². The molecule has 2 rings (SSSR count). The van der Waals surface area contributed by atoms with Crippen LogP contribution in [0.4, 0.5) is 0 Å². The van der Waals surface area contributed by atoms with E-state index < -0.39 is 0 Å². The van der Waals surface area contributed by atoms with Crippen LogP contribution >= 0.6 is 11.8 Å². The van der Waals surface area contributed by atoms with Crippen LogP contribution in [0.3, 0.4) is 0 Å². The van der Waals surface area contributed by atoms with Gasteiger partial charge in [0.1, 0.15) is 5.78 Å². The monoisotopic (exact) mass is 197 g/mol. The summed E-state index contributed by atoms with van der Waals surface area (Å²) in [6, 6.07) is 0.978. The van der Waals surface area contributed by atoms with Gasteiger partial charge < -0.3 is 0 Å². The summed E-state index contributed by atoms with van der Waals surface area (Å²) in [5.41, 5.74) is 0. The predicted molar refractivity (Wildman–Crippen MR) is 56.0 cm³/mol. The molecule has 2 nitrogen and oxygen atoms in total. The molecule has 0 aliphatic carbocycles. The highest BCUT2D eigenvalue weighted by Gasteiger charge is 2.36. The van der Waals surface area contributed by atoms with E-state index in [0.717, 1.165) is 30.9 Å². The van der Waals surface area contributed by atoms with Gasteiger partial charge in [0.2, 0.25) is 0 Å². The van der Waals surface area contributed by atoms with Gasteiger partial charge in [-0.05, 0) is 0 Å². The van der Waals surface area contributed by atoms with Crippen molar-refractivity contribution in [1.29, 1.82) is 0 Å². The number of hydrogen-bond acceptors (Lipinski definition) is 3. The van der Waals surface area contributed by atoms with Crippen molar-refractivity contribution < 1.29 is 4.79 Å². The minimum Gasteiger partial charge on any atom is -0.300 e. The summed E-state index contributed by atoms with van der Waals surface area (Å²) in [6.45, 7) is 4.72. The normalized spacial score (nSPS) is 34.6. The molecule has 0 aromatic rings. The van der Waals surface area contributed by atoms with Crippen molar-refractivity contribution >= 4 is 17.5 Å². The number of nitrogens with zero attached hydrogens (tertiary/aromatic N) is 1. The highest BCUT2D eigenvalue weighted by atomic mass is 32.2. The molecule has 2 bridgehead atoms. The molecular formula is C10H15NOS. The lowest BCUT2D eigenvalue weighted by atomic mass is 9.96. The smallest absolute Gasteiger partial charge is 0.136 e. The van der Waals surface area contributed by atoms with Crippen molar-refractivity contribution in [3.05, 3.63) is 12.7 Å². The van der Waals surface area contributed by atoms with E-state index in [1.807, 2.05) is 17.8 Å². The van der Waals surface area contributed by atoms with Crippen LogP contribution in [0.2, 0.25) is 0 Å². The number of fused-ring (bicyclic) bond motifs is 2. The fourth-order valence-electron chi connectivity index (χ4n) is 2.24. The molecular weight excluding hydrogens is 182 g/mol. The van der Waals surface area contributed by atoms with Gasteiger partial charge in [0.05, 0.1) is 0 Å². The first-order valence-corrected chi connectivity index (χ1v) is 5.93. The lowest BCUT2D eigenvalue weighted by Gasteiger charge is -2.44. The zero-order valence-electron chi connectivity index (χ0n) is 7.74. The van der Waals surface area contributed by atoms with Crippen molar-refractivity contribution in [2.75, 3.05) is 18.1 Å². The second-order valence-electron chi connectivity index (χ2n) is 3.78. The largest absolute Gasteiger partial charge is 0.300 e. The molecule has 0 aromatic carbocycles. The van der Waals surface area contributed by atoms with Gasteiger partial charge in [-0.15, -0.1) is 6.58 Å². The molecule has 0 radical (unpaired) electrons. The fraction of sp³-hybridized carbons (Fsp3) is 0.700. The Morgan fingerprint density at radius 3 is 2.62 bits per heavy atom. The SMILES string of the molecule is C=CCN1C2CSCC1CC(=O)C2. The van der Waals surface area contributed by atoms with Crippen molar-refractivity contribution in [2.45, 2.75) is 24.9 Å². The Bertz CT molecular complexity index is 213. The number of ketones is 1. The third-order valence-electron chi connectivity index (χ3n) is 2.83. The third-order valence-corrected chi connectivity index (χ3v) is 4.07. The minimum atomic E-state index is 0.454. The Balaban J connectivity index is 2.09. The number of carbonyl (C=O) groups is 1. The van der Waals surface area contributed by atoms with E-state index in [0.29, 0.717) is 17.9 Å². The second kappa shape index (κ2) is 3.84. The standard InChI is InChI=1S/C10H15NOS/c1-2-3-11-8-4-10(12)5-9(11)7-13-6-8/h2,8-9H,1,3-7H2. The first-order valence-electron chi connectivity index (χ1n) is 4.77. The number of hydrogen-bond donors (Lipinski definition) is 0. The van der Waals surface area contributed by atoms with Crippen molar-refractivity contribution in [2.24, 2.45) is 0 Å². The summed E-state index contributed by atoms with van der Waals surface area (Å²) in [6.07, 6.45) is 3.47. The van der Waals surface area contributed by atoms with Crippen LogP contribution in [0.5, 0.6) is 0 Å². The molecule has 2 fully saturated rings. The molecule has 0 spiro atoms. The summed E-state index contributed by atoms with van der Waals surface area (Å²) in [5, 5.41) is 0. The van der Waals surface area contributed by atoms with Crippen LogP contribution in [0.15, 0.2) is 12.7 Å². The Morgan fingerprint density at radius 2 is 2.08 bits per heavy atom. The lowest BCUT2D eigenvalue weighted by molar-refractivity contribution is -0.124. The van der Waals surface area contributed by atoms with Crippen molar-refractivity contribution in [3.8, 4) is 0 Å². The van der Waals surface area contributed by atoms with Gasteiger partial charge in [0.25, 0.3) is 0 Å². The molecule has 2 unspecified atom stereocenters. The molecule has 3 heteroatoms. The maximum absolute atomic E-state index is 11.4. The van der Waals surface area contributed by atoms with Crippen LogP contribution in [0.25, 0.3) is 0 Å². The highest BCUT2D eigenvalue weighted by Crippen LogP contribution is 2.30. The molecule has 2 aliphatic rings. The van der Waals surface area contributed by atoms with Crippen LogP contribution in [0, 0.1) is 0 Å². The average Bonchev–Trinajstić information content (AvgIpc) is 2.07. The van der Waals surface area contributed by atoms with Gasteiger partial charge in [-0.2, -0.15) is 11.8 Å². The van der Waals surface area contributed by atoms with E-state index in [1.54, 1.807) is 0 Å². The maximum atomic E-state index is 11.4. The summed E-state index contributed by atoms with van der Waals surface area (Å²) in [7, 11) is 0. The predicted octanol–water partition coefficient (Wildman–Crippen LogP) is 1.32. The van der Waals surface area contributed by atoms with E-state index in [9.17, 15) is 4.79 Å². The zero-order valence-corrected chi connectivity index (χ0v) is 8.55. The Hall–Kier alpha value is -0.280. The van der Waals surface area contributed by atoms with E-state index >= 15 is 0 Å². The van der Waals surface area contributed by atoms with Crippen LogP contribution in [-0.2, 0) is 4.79 Å². The second-order valence-corrected chi connectivity index (χ2v) is 4.85. The van der Waals surface area contributed by atoms with Gasteiger partial charge in [0.15, 0.2) is 0 Å². The molecule has 0 N–H and O–H groups in total. The van der Waals surface area contributed by atoms with Gasteiger partial charge in [-0.3, -0.25) is 9.69 Å². The van der Waals surface area contributed by atoms with E-state index in [-0.39, 0.29) is 0 Å². The van der Waals surface area contributed by atoms with Crippen LogP contribution in [0.1, 0.15) is 12.8 Å². The summed E-state index contributed by atoms with van der Waals surface area (Å²) >= 11 is 1.99. The van der Waals surface area contributed by atoms with E-state index in [1.165, 1.54) is 0 Å². The number of Topliss-reactive ketones (excluding diaryl/α,β-unsaturated/α-hetero) is 1. The summed E-state index contributed by atoms with van der Waals surface area (Å²) < 4.78 is 0. The maximum Gasteiger partial charge on any atom is 0.136 e. The Morgan fingerprint density at radius 1 is 1.46 bits per heavy atom. The number of thioether (sulfide) groups is 1. The molecule has 72 valence electrons. The first kappa shape index (κ1) is 9.28. The summed E-state index contributed by atoms with van der Waals surface area (Å²) in [5.74, 6) is 2.70. The van der Waals surface area contributed by atoms with Gasteiger partial charge in [-0.1, -0.05) is 6.08 Å². The Kier molecular flexibility index (Phi) is 2.74. The van der Waals surface area contributed by atoms with E-state index in [2.05, 4.69) is 11.5 Å². The number of carbonyl (C=O) groups excluding carboxylic acids is 1. The van der Waals surface area contributed by atoms with Crippen molar-refractivity contribution in [3.63, 3.8) is 0 Å². The molecule has 2 heterocycles. The lowest BCUT2D eigenvalue weighted by Crippen LogP contribution is -2.54.